The van der Waals surface area contributed by atoms with Crippen LogP contribution in [0.5, 0.6) is 0 Å². The second-order valence-corrected chi connectivity index (χ2v) is 4.29. The average Bonchev–Trinajstić information content (AvgIpc) is 2.68. The number of aromatic nitrogens is 1. The Bertz CT molecular complexity index is 535. The number of rotatable bonds is 5. The van der Waals surface area contributed by atoms with E-state index in [-0.39, 0.29) is 11.7 Å². The molecule has 0 aromatic carbocycles. The van der Waals surface area contributed by atoms with Gasteiger partial charge in [0.25, 0.3) is 0 Å². The molecular formula is C11H11N2O5S-. The number of carboxylic acid groups (broad SMARTS) is 1. The summed E-state index contributed by atoms with van der Waals surface area (Å²) in [5.74, 6) is -2.66. The van der Waals surface area contributed by atoms with E-state index in [2.05, 4.69) is 10.3 Å². The average molecular weight is 283 g/mol. The molecule has 0 radical (unpaired) electrons. The number of esters is 1. The molecule has 0 unspecified atom stereocenters. The highest BCUT2D eigenvalue weighted by Gasteiger charge is 2.16. The number of nitrogens with one attached hydrogen (secondary N) is 1. The van der Waals surface area contributed by atoms with Gasteiger partial charge >= 0.3 is 5.97 Å². The van der Waals surface area contributed by atoms with Gasteiger partial charge in [-0.25, -0.2) is 9.78 Å². The Hall–Kier alpha value is -2.22. The minimum absolute atomic E-state index is 0.188. The Morgan fingerprint density at radius 1 is 1.42 bits per heavy atom. The van der Waals surface area contributed by atoms with Gasteiger partial charge in [0.15, 0.2) is 5.13 Å². The maximum absolute atomic E-state index is 11.5. The lowest BCUT2D eigenvalue weighted by molar-refractivity contribution is -0.297. The van der Waals surface area contributed by atoms with Crippen molar-refractivity contribution >= 4 is 34.3 Å². The maximum Gasteiger partial charge on any atom is 0.350 e. The second-order valence-electron chi connectivity index (χ2n) is 3.30. The molecule has 0 aliphatic carbocycles. The molecule has 0 saturated carbocycles. The van der Waals surface area contributed by atoms with Gasteiger partial charge in [-0.2, -0.15) is 0 Å². The van der Waals surface area contributed by atoms with Crippen LogP contribution in [0.15, 0.2) is 12.2 Å². The maximum atomic E-state index is 11.5. The van der Waals surface area contributed by atoms with Crippen molar-refractivity contribution in [1.29, 1.82) is 0 Å². The summed E-state index contributed by atoms with van der Waals surface area (Å²) in [4.78, 5) is 37.2. The summed E-state index contributed by atoms with van der Waals surface area (Å²) < 4.78 is 4.82. The molecule has 102 valence electrons. The molecule has 7 nitrogen and oxygen atoms in total. The molecule has 1 rings (SSSR count). The van der Waals surface area contributed by atoms with Crippen LogP contribution in [0.1, 0.15) is 22.3 Å². The lowest BCUT2D eigenvalue weighted by atomic mass is 10.4. The molecule has 0 aliphatic heterocycles. The number of ether oxygens (including phenoxy) is 1. The number of hydrogen-bond donors (Lipinski definition) is 1. The molecule has 1 heterocycles. The van der Waals surface area contributed by atoms with Gasteiger partial charge in [0.05, 0.1) is 18.3 Å². The van der Waals surface area contributed by atoms with E-state index >= 15 is 0 Å². The van der Waals surface area contributed by atoms with Crippen LogP contribution in [0.3, 0.4) is 0 Å². The molecule has 8 heteroatoms. The summed E-state index contributed by atoms with van der Waals surface area (Å²) in [6.45, 7) is 3.53. The van der Waals surface area contributed by atoms with E-state index in [1.165, 1.54) is 0 Å². The summed E-state index contributed by atoms with van der Waals surface area (Å²) >= 11 is 0.956. The Morgan fingerprint density at radius 2 is 2.11 bits per heavy atom. The van der Waals surface area contributed by atoms with Gasteiger partial charge in [-0.1, -0.05) is 11.3 Å². The largest absolute Gasteiger partial charge is 0.545 e. The third kappa shape index (κ3) is 4.51. The SMILES string of the molecule is CCOC(=O)c1sc(NC(=O)/C=C/C(=O)[O-])nc1C. The van der Waals surface area contributed by atoms with Gasteiger partial charge < -0.3 is 14.6 Å². The van der Waals surface area contributed by atoms with Crippen LogP contribution in [0.2, 0.25) is 0 Å². The lowest BCUT2D eigenvalue weighted by Gasteiger charge is -1.97. The van der Waals surface area contributed by atoms with E-state index in [1.54, 1.807) is 13.8 Å². The van der Waals surface area contributed by atoms with Crippen molar-refractivity contribution in [2.75, 3.05) is 11.9 Å². The van der Waals surface area contributed by atoms with Gasteiger partial charge in [-0.05, 0) is 19.9 Å². The van der Waals surface area contributed by atoms with E-state index in [0.717, 1.165) is 17.4 Å². The smallest absolute Gasteiger partial charge is 0.350 e. The molecule has 0 bridgehead atoms. The fourth-order valence-corrected chi connectivity index (χ4v) is 1.99. The summed E-state index contributed by atoms with van der Waals surface area (Å²) in [6.07, 6.45) is 1.40. The number of carbonyl (C=O) groups excluding carboxylic acids is 3. The van der Waals surface area contributed by atoms with Crippen molar-refractivity contribution in [3.05, 3.63) is 22.7 Å². The van der Waals surface area contributed by atoms with E-state index in [0.29, 0.717) is 16.6 Å². The topological polar surface area (TPSA) is 108 Å². The van der Waals surface area contributed by atoms with Crippen molar-refractivity contribution in [3.63, 3.8) is 0 Å². The van der Waals surface area contributed by atoms with E-state index in [4.69, 9.17) is 4.74 Å². The fraction of sp³-hybridized carbons (Fsp3) is 0.273. The molecule has 0 fully saturated rings. The number of carbonyl (C=O) groups is 3. The Kier molecular flexibility index (Phi) is 5.19. The Balaban J connectivity index is 2.76. The first kappa shape index (κ1) is 14.8. The highest BCUT2D eigenvalue weighted by Crippen LogP contribution is 2.23. The van der Waals surface area contributed by atoms with Gasteiger partial charge in [0.1, 0.15) is 4.88 Å². The minimum Gasteiger partial charge on any atom is -0.545 e. The number of nitrogens with zero attached hydrogens (tertiary/aromatic N) is 1. The van der Waals surface area contributed by atoms with Crippen molar-refractivity contribution in [1.82, 2.24) is 4.98 Å². The normalized spacial score (nSPS) is 10.4. The molecule has 1 N–H and O–H groups in total. The van der Waals surface area contributed by atoms with Crippen LogP contribution in [-0.4, -0.2) is 29.4 Å². The summed E-state index contributed by atoms with van der Waals surface area (Å²) in [5, 5.41) is 12.7. The van der Waals surface area contributed by atoms with Gasteiger partial charge in [-0.15, -0.1) is 0 Å². The number of aliphatic carboxylic acids is 1. The minimum atomic E-state index is -1.47. The molecule has 0 spiro atoms. The number of aryl methyl sites for hydroxylation is 1. The van der Waals surface area contributed by atoms with E-state index in [9.17, 15) is 19.5 Å². The van der Waals surface area contributed by atoms with Crippen molar-refractivity contribution in [2.24, 2.45) is 0 Å². The highest BCUT2D eigenvalue weighted by molar-refractivity contribution is 7.17. The van der Waals surface area contributed by atoms with Crippen LogP contribution in [0.4, 0.5) is 5.13 Å². The Labute approximate surface area is 112 Å². The van der Waals surface area contributed by atoms with Crippen LogP contribution in [-0.2, 0) is 14.3 Å². The number of hydrogen-bond acceptors (Lipinski definition) is 7. The highest BCUT2D eigenvalue weighted by atomic mass is 32.1. The van der Waals surface area contributed by atoms with Crippen molar-refractivity contribution in [3.8, 4) is 0 Å². The number of carboxylic acids is 1. The molecule has 0 aliphatic rings. The molecule has 19 heavy (non-hydrogen) atoms. The number of anilines is 1. The van der Waals surface area contributed by atoms with Gasteiger partial charge in [-0.3, -0.25) is 10.1 Å². The first-order chi connectivity index (χ1) is 8.93. The first-order valence-corrected chi connectivity index (χ1v) is 6.10. The summed E-state index contributed by atoms with van der Waals surface area (Å²) in [7, 11) is 0. The lowest BCUT2D eigenvalue weighted by Crippen LogP contribution is -2.20. The molecule has 1 amide bonds. The predicted octanol–water partition coefficient (Wildman–Crippen LogP) is -0.127. The molecule has 1 aromatic heterocycles. The quantitative estimate of drug-likeness (QED) is 0.595. The second kappa shape index (κ2) is 6.64. The molecule has 0 atom stereocenters. The molecule has 0 saturated heterocycles. The zero-order chi connectivity index (χ0) is 14.4. The third-order valence-electron chi connectivity index (χ3n) is 1.86. The fourth-order valence-electron chi connectivity index (χ4n) is 1.13. The number of thiazole rings is 1. The number of amides is 1. The third-order valence-corrected chi connectivity index (χ3v) is 2.91. The van der Waals surface area contributed by atoms with E-state index < -0.39 is 17.8 Å². The van der Waals surface area contributed by atoms with Crippen LogP contribution >= 0.6 is 11.3 Å². The zero-order valence-electron chi connectivity index (χ0n) is 10.3. The van der Waals surface area contributed by atoms with Crippen LogP contribution in [0, 0.1) is 6.92 Å². The predicted molar refractivity (Wildman–Crippen MR) is 65.6 cm³/mol. The zero-order valence-corrected chi connectivity index (χ0v) is 11.1. The molecule has 1 aromatic rings. The monoisotopic (exact) mass is 283 g/mol. The van der Waals surface area contributed by atoms with E-state index in [1.807, 2.05) is 0 Å². The molecular weight excluding hydrogens is 272 g/mol. The standard InChI is InChI=1S/C11H12N2O5S/c1-3-18-10(17)9-6(2)12-11(19-9)13-7(14)4-5-8(15)16/h4-5H,3H2,1-2H3,(H,15,16)(H,12,13,14)/p-1/b5-4+. The van der Waals surface area contributed by atoms with Gasteiger partial charge in [0.2, 0.25) is 5.91 Å². The van der Waals surface area contributed by atoms with Crippen LogP contribution in [0.25, 0.3) is 0 Å². The summed E-state index contributed by atoms with van der Waals surface area (Å²) in [6, 6.07) is 0. The van der Waals surface area contributed by atoms with Gasteiger partial charge in [0, 0.05) is 6.08 Å². The van der Waals surface area contributed by atoms with Crippen LogP contribution < -0.4 is 10.4 Å². The Morgan fingerprint density at radius 3 is 2.68 bits per heavy atom. The van der Waals surface area contributed by atoms with Crippen molar-refractivity contribution < 1.29 is 24.2 Å². The first-order valence-electron chi connectivity index (χ1n) is 5.28. The van der Waals surface area contributed by atoms with Crippen molar-refractivity contribution in [2.45, 2.75) is 13.8 Å². The summed E-state index contributed by atoms with van der Waals surface area (Å²) in [5.41, 5.74) is 0.433.